The maximum absolute atomic E-state index is 13.1. The highest BCUT2D eigenvalue weighted by Gasteiger charge is 2.25. The highest BCUT2D eigenvalue weighted by Crippen LogP contribution is 2.23. The van der Waals surface area contributed by atoms with Crippen molar-refractivity contribution in [2.45, 2.75) is 33.4 Å². The van der Waals surface area contributed by atoms with E-state index in [2.05, 4.69) is 27.4 Å². The number of amides is 1. The molecule has 0 saturated carbocycles. The van der Waals surface area contributed by atoms with Crippen LogP contribution >= 0.6 is 11.3 Å². The van der Waals surface area contributed by atoms with Gasteiger partial charge in [-0.2, -0.15) is 5.26 Å². The predicted octanol–water partition coefficient (Wildman–Crippen LogP) is 2.63. The molecule has 0 spiro atoms. The highest BCUT2D eigenvalue weighted by atomic mass is 32.1. The van der Waals surface area contributed by atoms with E-state index in [0.717, 1.165) is 22.6 Å². The van der Waals surface area contributed by atoms with E-state index in [9.17, 15) is 14.9 Å². The molecular formula is C25H30N6O3S. The van der Waals surface area contributed by atoms with E-state index in [1.54, 1.807) is 30.3 Å². The maximum Gasteiger partial charge on any atom is 0.264 e. The third-order valence-corrected chi connectivity index (χ3v) is 7.18. The van der Waals surface area contributed by atoms with Crippen LogP contribution in [0.15, 0.2) is 34.1 Å². The second-order valence-corrected chi connectivity index (χ2v) is 9.75. The van der Waals surface area contributed by atoms with Gasteiger partial charge in [-0.25, -0.2) is 4.98 Å². The number of ether oxygens (including phenoxy) is 1. The van der Waals surface area contributed by atoms with Gasteiger partial charge in [-0.05, 0) is 38.5 Å². The lowest BCUT2D eigenvalue weighted by Gasteiger charge is -2.34. The van der Waals surface area contributed by atoms with Crippen LogP contribution in [0.5, 0.6) is 0 Å². The number of nitriles is 1. The lowest BCUT2D eigenvalue weighted by atomic mass is 10.1. The first-order valence-corrected chi connectivity index (χ1v) is 12.5. The summed E-state index contributed by atoms with van der Waals surface area (Å²) in [6.45, 7) is 9.57. The molecule has 1 saturated heterocycles. The van der Waals surface area contributed by atoms with Crippen molar-refractivity contribution in [3.05, 3.63) is 62.3 Å². The minimum atomic E-state index is -0.252. The fourth-order valence-electron chi connectivity index (χ4n) is 4.72. The van der Waals surface area contributed by atoms with Crippen LogP contribution in [0.3, 0.4) is 0 Å². The molecule has 3 aromatic rings. The quantitative estimate of drug-likeness (QED) is 0.370. The number of nitrogens with zero attached hydrogens (tertiary/aromatic N) is 6. The second kappa shape index (κ2) is 10.6. The van der Waals surface area contributed by atoms with Gasteiger partial charge in [0, 0.05) is 68.9 Å². The van der Waals surface area contributed by atoms with E-state index in [1.807, 2.05) is 25.3 Å². The molecule has 0 aliphatic carbocycles. The fourth-order valence-corrected chi connectivity index (χ4v) is 5.46. The smallest absolute Gasteiger partial charge is 0.264 e. The first-order chi connectivity index (χ1) is 16.8. The van der Waals surface area contributed by atoms with Crippen molar-refractivity contribution >= 4 is 28.3 Å². The monoisotopic (exact) mass is 494 g/mol. The molecule has 4 heterocycles. The van der Waals surface area contributed by atoms with Gasteiger partial charge in [0.25, 0.3) is 11.5 Å². The van der Waals surface area contributed by atoms with Crippen LogP contribution in [-0.4, -0.2) is 69.6 Å². The molecular weight excluding hydrogens is 464 g/mol. The first kappa shape index (κ1) is 24.9. The molecule has 184 valence electrons. The number of hydrogen-bond acceptors (Lipinski definition) is 7. The van der Waals surface area contributed by atoms with E-state index in [1.165, 1.54) is 15.7 Å². The average Bonchev–Trinajstić information content (AvgIpc) is 3.41. The van der Waals surface area contributed by atoms with Gasteiger partial charge in [0.15, 0.2) is 4.96 Å². The molecule has 0 bridgehead atoms. The molecule has 0 aromatic carbocycles. The van der Waals surface area contributed by atoms with Gasteiger partial charge in [-0.15, -0.1) is 11.3 Å². The topological polar surface area (TPSA) is 95.9 Å². The molecule has 1 fully saturated rings. The molecule has 1 atom stereocenters. The third-order valence-electron chi connectivity index (χ3n) is 6.42. The SMILES string of the molecule is COCC(C)n1c(C)cc(/C=C(/C#N)C(=O)N2CCN(Cc3cc(=O)n4ccsc4n3)CC2)c1C. The zero-order valence-electron chi connectivity index (χ0n) is 20.5. The minimum absolute atomic E-state index is 0.0835. The average molecular weight is 495 g/mol. The van der Waals surface area contributed by atoms with Crippen molar-refractivity contribution in [3.63, 3.8) is 0 Å². The van der Waals surface area contributed by atoms with Crippen molar-refractivity contribution in [2.24, 2.45) is 0 Å². The fraction of sp³-hybridized carbons (Fsp3) is 0.440. The zero-order chi connectivity index (χ0) is 25.1. The van der Waals surface area contributed by atoms with Crippen LogP contribution < -0.4 is 5.56 Å². The molecule has 4 rings (SSSR count). The van der Waals surface area contributed by atoms with Crippen molar-refractivity contribution in [2.75, 3.05) is 39.9 Å². The normalized spacial score (nSPS) is 16.0. The summed E-state index contributed by atoms with van der Waals surface area (Å²) in [6.07, 6.45) is 3.42. The van der Waals surface area contributed by atoms with Gasteiger partial charge in [0.1, 0.15) is 11.6 Å². The summed E-state index contributed by atoms with van der Waals surface area (Å²) in [5.74, 6) is -0.252. The maximum atomic E-state index is 13.1. The Morgan fingerprint density at radius 3 is 2.71 bits per heavy atom. The van der Waals surface area contributed by atoms with Crippen molar-refractivity contribution in [3.8, 4) is 6.07 Å². The molecule has 0 radical (unpaired) electrons. The molecule has 1 unspecified atom stereocenters. The Morgan fingerprint density at radius 1 is 1.29 bits per heavy atom. The van der Waals surface area contributed by atoms with Crippen molar-refractivity contribution < 1.29 is 9.53 Å². The summed E-state index contributed by atoms with van der Waals surface area (Å²) in [7, 11) is 1.68. The van der Waals surface area contributed by atoms with Crippen LogP contribution in [-0.2, 0) is 16.1 Å². The second-order valence-electron chi connectivity index (χ2n) is 8.88. The molecule has 9 nitrogen and oxygen atoms in total. The lowest BCUT2D eigenvalue weighted by Crippen LogP contribution is -2.48. The van der Waals surface area contributed by atoms with Gasteiger partial charge >= 0.3 is 0 Å². The highest BCUT2D eigenvalue weighted by molar-refractivity contribution is 7.15. The van der Waals surface area contributed by atoms with Gasteiger partial charge in [0.2, 0.25) is 0 Å². The Labute approximate surface area is 208 Å². The van der Waals surface area contributed by atoms with Crippen LogP contribution in [0.25, 0.3) is 11.0 Å². The van der Waals surface area contributed by atoms with Crippen LogP contribution in [0.4, 0.5) is 0 Å². The molecule has 1 aliphatic heterocycles. The first-order valence-electron chi connectivity index (χ1n) is 11.6. The Bertz CT molecular complexity index is 1350. The Kier molecular flexibility index (Phi) is 7.50. The van der Waals surface area contributed by atoms with Crippen LogP contribution in [0, 0.1) is 25.2 Å². The van der Waals surface area contributed by atoms with Gasteiger partial charge < -0.3 is 14.2 Å². The number of methoxy groups -OCH3 is 1. The summed E-state index contributed by atoms with van der Waals surface area (Å²) in [5.41, 5.74) is 3.72. The van der Waals surface area contributed by atoms with E-state index in [0.29, 0.717) is 44.3 Å². The number of fused-ring (bicyclic) bond motifs is 1. The number of piperazine rings is 1. The van der Waals surface area contributed by atoms with E-state index >= 15 is 0 Å². The van der Waals surface area contributed by atoms with Gasteiger partial charge in [-0.1, -0.05) is 0 Å². The Hall–Kier alpha value is -3.26. The number of carbonyl (C=O) groups is 1. The van der Waals surface area contributed by atoms with Gasteiger partial charge in [-0.3, -0.25) is 18.9 Å². The molecule has 1 amide bonds. The van der Waals surface area contributed by atoms with E-state index < -0.39 is 0 Å². The summed E-state index contributed by atoms with van der Waals surface area (Å²) in [5, 5.41) is 11.6. The molecule has 10 heteroatoms. The molecule has 3 aromatic heterocycles. The standard InChI is InChI=1S/C25H30N6O3S/c1-17-11-20(19(3)31(17)18(2)16-34-4)12-21(14-26)24(33)29-7-5-28(6-8-29)15-22-13-23(32)30-9-10-35-25(30)27-22/h9-13,18H,5-8,15-16H2,1-4H3/b21-12-. The largest absolute Gasteiger partial charge is 0.383 e. The number of hydrogen-bond donors (Lipinski definition) is 0. The van der Waals surface area contributed by atoms with Crippen molar-refractivity contribution in [1.29, 1.82) is 5.26 Å². The number of rotatable bonds is 7. The van der Waals surface area contributed by atoms with Crippen LogP contribution in [0.1, 0.15) is 35.6 Å². The number of aryl methyl sites for hydroxylation is 1. The molecule has 1 aliphatic rings. The predicted molar refractivity (Wildman–Crippen MR) is 135 cm³/mol. The van der Waals surface area contributed by atoms with Crippen molar-refractivity contribution in [1.82, 2.24) is 23.8 Å². The summed E-state index contributed by atoms with van der Waals surface area (Å²) in [6, 6.07) is 5.83. The summed E-state index contributed by atoms with van der Waals surface area (Å²) < 4.78 is 9.00. The summed E-state index contributed by atoms with van der Waals surface area (Å²) in [4.78, 5) is 34.5. The van der Waals surface area contributed by atoms with E-state index in [-0.39, 0.29) is 23.1 Å². The number of aromatic nitrogens is 3. The van der Waals surface area contributed by atoms with E-state index in [4.69, 9.17) is 4.74 Å². The third kappa shape index (κ3) is 5.22. The Balaban J connectivity index is 1.42. The summed E-state index contributed by atoms with van der Waals surface area (Å²) >= 11 is 1.43. The molecule has 0 N–H and O–H groups in total. The van der Waals surface area contributed by atoms with Crippen LogP contribution in [0.2, 0.25) is 0 Å². The Morgan fingerprint density at radius 2 is 2.03 bits per heavy atom. The number of carbonyl (C=O) groups excluding carboxylic acids is 1. The zero-order valence-corrected chi connectivity index (χ0v) is 21.3. The van der Waals surface area contributed by atoms with Gasteiger partial charge in [0.05, 0.1) is 18.3 Å². The molecule has 35 heavy (non-hydrogen) atoms. The number of thiazole rings is 1. The lowest BCUT2D eigenvalue weighted by molar-refractivity contribution is -0.128. The minimum Gasteiger partial charge on any atom is -0.383 e.